The molecular formula is C18H24. The first-order valence-corrected chi connectivity index (χ1v) is 7.99. The van der Waals surface area contributed by atoms with Gasteiger partial charge in [-0.2, -0.15) is 0 Å². The van der Waals surface area contributed by atoms with Crippen LogP contribution < -0.4 is 0 Å². The van der Waals surface area contributed by atoms with Gasteiger partial charge in [0.25, 0.3) is 0 Å². The summed E-state index contributed by atoms with van der Waals surface area (Å²) < 4.78 is 0. The van der Waals surface area contributed by atoms with E-state index >= 15 is 0 Å². The topological polar surface area (TPSA) is 0 Å². The summed E-state index contributed by atoms with van der Waals surface area (Å²) in [7, 11) is 0. The van der Waals surface area contributed by atoms with E-state index in [2.05, 4.69) is 19.1 Å². The maximum absolute atomic E-state index is 2.51. The Morgan fingerprint density at radius 2 is 1.83 bits per heavy atom. The van der Waals surface area contributed by atoms with E-state index in [1.807, 2.05) is 0 Å². The molecule has 3 aliphatic carbocycles. The molecule has 1 aromatic carbocycles. The van der Waals surface area contributed by atoms with E-state index in [0.717, 1.165) is 17.8 Å². The van der Waals surface area contributed by atoms with Crippen molar-refractivity contribution in [2.24, 2.45) is 5.92 Å². The number of benzene rings is 1. The van der Waals surface area contributed by atoms with E-state index in [1.54, 1.807) is 22.3 Å². The van der Waals surface area contributed by atoms with Crippen molar-refractivity contribution in [3.63, 3.8) is 0 Å². The first-order chi connectivity index (χ1) is 8.84. The molecular weight excluding hydrogens is 216 g/mol. The van der Waals surface area contributed by atoms with Gasteiger partial charge < -0.3 is 0 Å². The van der Waals surface area contributed by atoms with Crippen LogP contribution in [0.5, 0.6) is 0 Å². The molecule has 3 atom stereocenters. The molecule has 0 heteroatoms. The summed E-state index contributed by atoms with van der Waals surface area (Å²) in [6, 6.07) is 4.98. The van der Waals surface area contributed by atoms with E-state index in [0.29, 0.717) is 0 Å². The molecule has 0 aliphatic heterocycles. The average molecular weight is 240 g/mol. The highest BCUT2D eigenvalue weighted by Gasteiger charge is 2.34. The summed E-state index contributed by atoms with van der Waals surface area (Å²) >= 11 is 0. The summed E-state index contributed by atoms with van der Waals surface area (Å²) in [6.45, 7) is 2.44. The standard InChI is InChI=1S/C18H24/c1-12-6-7-14-9-10-16-15-5-3-2-4-13(15)8-11-17(16)18(12)14/h9-10,12-13,15H,2-8,11H2,1H3/t12?,13-,15+/m1/s1. The van der Waals surface area contributed by atoms with Gasteiger partial charge in [-0.1, -0.05) is 31.9 Å². The van der Waals surface area contributed by atoms with Crippen LogP contribution in [-0.4, -0.2) is 0 Å². The lowest BCUT2D eigenvalue weighted by Gasteiger charge is -2.38. The van der Waals surface area contributed by atoms with Crippen molar-refractivity contribution in [3.05, 3.63) is 34.4 Å². The molecule has 3 aliphatic rings. The molecule has 0 saturated heterocycles. The van der Waals surface area contributed by atoms with E-state index in [1.165, 1.54) is 51.4 Å². The molecule has 1 aromatic rings. The van der Waals surface area contributed by atoms with Crippen molar-refractivity contribution in [2.45, 2.75) is 70.1 Å². The van der Waals surface area contributed by atoms with Crippen LogP contribution in [0.4, 0.5) is 0 Å². The van der Waals surface area contributed by atoms with Crippen LogP contribution in [-0.2, 0) is 12.8 Å². The van der Waals surface area contributed by atoms with Crippen LogP contribution in [0.2, 0.25) is 0 Å². The van der Waals surface area contributed by atoms with Crippen LogP contribution in [0, 0.1) is 5.92 Å². The summed E-state index contributed by atoms with van der Waals surface area (Å²) in [5.41, 5.74) is 7.01. The minimum atomic E-state index is 0.829. The van der Waals surface area contributed by atoms with Gasteiger partial charge in [0.1, 0.15) is 0 Å². The van der Waals surface area contributed by atoms with E-state index < -0.39 is 0 Å². The van der Waals surface area contributed by atoms with Gasteiger partial charge in [-0.15, -0.1) is 0 Å². The Bertz CT molecular complexity index is 471. The van der Waals surface area contributed by atoms with Gasteiger partial charge in [0, 0.05) is 0 Å². The molecule has 0 aromatic heterocycles. The predicted molar refractivity (Wildman–Crippen MR) is 76.2 cm³/mol. The van der Waals surface area contributed by atoms with Crippen LogP contribution in [0.1, 0.15) is 79.5 Å². The van der Waals surface area contributed by atoms with E-state index in [4.69, 9.17) is 0 Å². The molecule has 1 unspecified atom stereocenters. The maximum Gasteiger partial charge on any atom is -0.0131 e. The highest BCUT2D eigenvalue weighted by Crippen LogP contribution is 2.48. The molecule has 1 fully saturated rings. The van der Waals surface area contributed by atoms with Crippen LogP contribution >= 0.6 is 0 Å². The predicted octanol–water partition coefficient (Wildman–Crippen LogP) is 4.96. The fourth-order valence-corrected chi connectivity index (χ4v) is 5.00. The summed E-state index contributed by atoms with van der Waals surface area (Å²) in [6.07, 6.45) is 11.5. The fourth-order valence-electron chi connectivity index (χ4n) is 5.00. The summed E-state index contributed by atoms with van der Waals surface area (Å²) in [5.74, 6) is 2.76. The number of aryl methyl sites for hydroxylation is 1. The molecule has 0 nitrogen and oxygen atoms in total. The lowest BCUT2D eigenvalue weighted by molar-refractivity contribution is 0.275. The number of hydrogen-bond donors (Lipinski definition) is 0. The van der Waals surface area contributed by atoms with E-state index in [-0.39, 0.29) is 0 Å². The number of hydrogen-bond acceptors (Lipinski definition) is 0. The lowest BCUT2D eigenvalue weighted by Crippen LogP contribution is -2.25. The zero-order chi connectivity index (χ0) is 12.1. The molecule has 0 amide bonds. The maximum atomic E-state index is 2.51. The quantitative estimate of drug-likeness (QED) is 0.601. The third kappa shape index (κ3) is 1.51. The highest BCUT2D eigenvalue weighted by atomic mass is 14.4. The average Bonchev–Trinajstić information content (AvgIpc) is 2.80. The Morgan fingerprint density at radius 3 is 2.78 bits per heavy atom. The van der Waals surface area contributed by atoms with Crippen LogP contribution in [0.3, 0.4) is 0 Å². The van der Waals surface area contributed by atoms with Crippen molar-refractivity contribution >= 4 is 0 Å². The zero-order valence-electron chi connectivity index (χ0n) is 11.5. The molecule has 4 rings (SSSR count). The van der Waals surface area contributed by atoms with Gasteiger partial charge in [0.05, 0.1) is 0 Å². The second kappa shape index (κ2) is 4.11. The zero-order valence-corrected chi connectivity index (χ0v) is 11.5. The van der Waals surface area contributed by atoms with Gasteiger partial charge in [0.15, 0.2) is 0 Å². The van der Waals surface area contributed by atoms with E-state index in [9.17, 15) is 0 Å². The minimum absolute atomic E-state index is 0.829. The molecule has 18 heavy (non-hydrogen) atoms. The largest absolute Gasteiger partial charge is 0.0585 e. The van der Waals surface area contributed by atoms with Crippen LogP contribution in [0.25, 0.3) is 0 Å². The molecule has 0 N–H and O–H groups in total. The Labute approximate surface area is 111 Å². The second-order valence-corrected chi connectivity index (χ2v) is 6.84. The third-order valence-electron chi connectivity index (χ3n) is 5.90. The van der Waals surface area contributed by atoms with Gasteiger partial charge in [-0.05, 0) is 78.5 Å². The molecule has 1 saturated carbocycles. The highest BCUT2D eigenvalue weighted by molar-refractivity contribution is 5.48. The monoisotopic (exact) mass is 240 g/mol. The molecule has 0 spiro atoms. The Balaban J connectivity index is 1.82. The Morgan fingerprint density at radius 1 is 0.944 bits per heavy atom. The third-order valence-corrected chi connectivity index (χ3v) is 5.90. The van der Waals surface area contributed by atoms with Gasteiger partial charge >= 0.3 is 0 Å². The normalized spacial score (nSPS) is 33.7. The Hall–Kier alpha value is -0.780. The summed E-state index contributed by atoms with van der Waals surface area (Å²) in [4.78, 5) is 0. The minimum Gasteiger partial charge on any atom is -0.0585 e. The fraction of sp³-hybridized carbons (Fsp3) is 0.667. The molecule has 0 bridgehead atoms. The van der Waals surface area contributed by atoms with Crippen molar-refractivity contribution in [1.29, 1.82) is 0 Å². The lowest BCUT2D eigenvalue weighted by atomic mass is 9.67. The second-order valence-electron chi connectivity index (χ2n) is 6.84. The smallest absolute Gasteiger partial charge is 0.0131 e. The van der Waals surface area contributed by atoms with Gasteiger partial charge in [-0.3, -0.25) is 0 Å². The molecule has 96 valence electrons. The number of rotatable bonds is 0. The van der Waals surface area contributed by atoms with Gasteiger partial charge in [0.2, 0.25) is 0 Å². The summed E-state index contributed by atoms with van der Waals surface area (Å²) in [5, 5.41) is 0. The van der Waals surface area contributed by atoms with Crippen molar-refractivity contribution in [3.8, 4) is 0 Å². The van der Waals surface area contributed by atoms with Crippen molar-refractivity contribution in [2.75, 3.05) is 0 Å². The first-order valence-electron chi connectivity index (χ1n) is 7.99. The van der Waals surface area contributed by atoms with Crippen molar-refractivity contribution in [1.82, 2.24) is 0 Å². The Kier molecular flexibility index (Phi) is 2.53. The molecule has 0 radical (unpaired) electrons. The number of fused-ring (bicyclic) bond motifs is 5. The molecule has 0 heterocycles. The first kappa shape index (κ1) is 11.1. The van der Waals surface area contributed by atoms with Gasteiger partial charge in [-0.25, -0.2) is 0 Å². The van der Waals surface area contributed by atoms with Crippen LogP contribution in [0.15, 0.2) is 12.1 Å². The SMILES string of the molecule is CC1CCc2ccc3c(c21)CC[C@H]1CCCC[C@H]31. The van der Waals surface area contributed by atoms with Crippen molar-refractivity contribution < 1.29 is 0 Å².